The molecule has 0 saturated carbocycles. The molecule has 17 heavy (non-hydrogen) atoms. The second-order valence-electron chi connectivity index (χ2n) is 3.83. The quantitative estimate of drug-likeness (QED) is 0.588. The number of ether oxygens (including phenoxy) is 1. The lowest BCUT2D eigenvalue weighted by Crippen LogP contribution is -2.33. The van der Waals surface area contributed by atoms with Crippen molar-refractivity contribution in [3.05, 3.63) is 36.0 Å². The number of fused-ring (bicyclic) bond motifs is 1. The summed E-state index contributed by atoms with van der Waals surface area (Å²) in [4.78, 5) is 11.5. The summed E-state index contributed by atoms with van der Waals surface area (Å²) in [5.74, 6) is -0.205. The highest BCUT2D eigenvalue weighted by Gasteiger charge is 2.13. The van der Waals surface area contributed by atoms with Crippen molar-refractivity contribution in [2.75, 3.05) is 6.61 Å². The van der Waals surface area contributed by atoms with Crippen LogP contribution in [0.15, 0.2) is 30.5 Å². The van der Waals surface area contributed by atoms with Crippen LogP contribution in [-0.4, -0.2) is 17.7 Å². The fourth-order valence-electron chi connectivity index (χ4n) is 1.83. The first kappa shape index (κ1) is 11.5. The van der Waals surface area contributed by atoms with E-state index in [1.165, 1.54) is 0 Å². The van der Waals surface area contributed by atoms with Crippen LogP contribution in [0.2, 0.25) is 0 Å². The highest BCUT2D eigenvalue weighted by atomic mass is 16.5. The van der Waals surface area contributed by atoms with E-state index in [1.54, 1.807) is 4.68 Å². The van der Waals surface area contributed by atoms with E-state index < -0.39 is 0 Å². The van der Waals surface area contributed by atoms with Gasteiger partial charge in [-0.25, -0.2) is 0 Å². The normalized spacial score (nSPS) is 10.5. The van der Waals surface area contributed by atoms with Crippen molar-refractivity contribution in [2.45, 2.75) is 13.3 Å². The number of carbonyl (C=O) groups excluding carboxylic acids is 1. The predicted octanol–water partition coefficient (Wildman–Crippen LogP) is 1.16. The Labute approximate surface area is 99.8 Å². The number of esters is 1. The highest BCUT2D eigenvalue weighted by Crippen LogP contribution is 2.15. The fraction of sp³-hybridized carbons (Fsp3) is 0.308. The van der Waals surface area contributed by atoms with E-state index in [1.807, 2.05) is 44.4 Å². The Morgan fingerprint density at radius 2 is 2.18 bits per heavy atom. The zero-order valence-electron chi connectivity index (χ0n) is 10.0. The number of hydrogen-bond acceptors (Lipinski definition) is 3. The summed E-state index contributed by atoms with van der Waals surface area (Å²) in [5, 5.41) is 5.35. The third-order valence-electron chi connectivity index (χ3n) is 2.50. The van der Waals surface area contributed by atoms with Gasteiger partial charge in [-0.1, -0.05) is 22.9 Å². The SMILES string of the molecule is CCOC(=O)Cc1c[n+](C)nc2ccccc12. The van der Waals surface area contributed by atoms with E-state index in [2.05, 4.69) is 5.10 Å². The van der Waals surface area contributed by atoms with E-state index in [0.717, 1.165) is 16.5 Å². The Hall–Kier alpha value is -1.97. The van der Waals surface area contributed by atoms with Crippen molar-refractivity contribution in [3.8, 4) is 0 Å². The molecule has 0 spiro atoms. The smallest absolute Gasteiger partial charge is 0.310 e. The molecule has 0 saturated heterocycles. The molecule has 1 heterocycles. The minimum atomic E-state index is -0.205. The first-order valence-corrected chi connectivity index (χ1v) is 5.61. The molecule has 0 aliphatic carbocycles. The van der Waals surface area contributed by atoms with E-state index >= 15 is 0 Å². The molecule has 0 bridgehead atoms. The van der Waals surface area contributed by atoms with E-state index in [-0.39, 0.29) is 12.4 Å². The molecule has 0 atom stereocenters. The molecule has 0 fully saturated rings. The summed E-state index contributed by atoms with van der Waals surface area (Å²) >= 11 is 0. The van der Waals surface area contributed by atoms with Crippen LogP contribution in [0.5, 0.6) is 0 Å². The maximum Gasteiger partial charge on any atom is 0.310 e. The van der Waals surface area contributed by atoms with Gasteiger partial charge in [0.25, 0.3) is 0 Å². The Kier molecular flexibility index (Phi) is 3.32. The Morgan fingerprint density at radius 3 is 2.94 bits per heavy atom. The summed E-state index contributed by atoms with van der Waals surface area (Å²) in [6, 6.07) is 7.78. The van der Waals surface area contributed by atoms with Gasteiger partial charge in [0.1, 0.15) is 5.52 Å². The molecule has 0 aliphatic rings. The third kappa shape index (κ3) is 2.58. The number of carbonyl (C=O) groups is 1. The van der Waals surface area contributed by atoms with E-state index in [0.29, 0.717) is 6.61 Å². The molecule has 1 aromatic carbocycles. The average Bonchev–Trinajstić information content (AvgIpc) is 2.29. The van der Waals surface area contributed by atoms with Gasteiger partial charge in [-0.2, -0.15) is 0 Å². The zero-order chi connectivity index (χ0) is 12.3. The predicted molar refractivity (Wildman–Crippen MR) is 63.3 cm³/mol. The molecule has 0 N–H and O–H groups in total. The Bertz CT molecular complexity index is 552. The number of hydrogen-bond donors (Lipinski definition) is 0. The van der Waals surface area contributed by atoms with E-state index in [9.17, 15) is 4.79 Å². The van der Waals surface area contributed by atoms with Crippen LogP contribution in [-0.2, 0) is 23.0 Å². The zero-order valence-corrected chi connectivity index (χ0v) is 10.0. The lowest BCUT2D eigenvalue weighted by Gasteiger charge is -2.03. The second-order valence-corrected chi connectivity index (χ2v) is 3.83. The lowest BCUT2D eigenvalue weighted by atomic mass is 10.1. The molecular formula is C13H15N2O2+. The molecular weight excluding hydrogens is 216 g/mol. The van der Waals surface area contributed by atoms with Crippen molar-refractivity contribution < 1.29 is 14.2 Å². The summed E-state index contributed by atoms with van der Waals surface area (Å²) in [6.07, 6.45) is 2.14. The summed E-state index contributed by atoms with van der Waals surface area (Å²) < 4.78 is 6.69. The van der Waals surface area contributed by atoms with Crippen molar-refractivity contribution in [1.29, 1.82) is 0 Å². The Balaban J connectivity index is 2.42. The average molecular weight is 231 g/mol. The standard InChI is InChI=1S/C13H15N2O2/c1-3-17-13(16)8-10-9-15(2)14-12-7-5-4-6-11(10)12/h4-7,9H,3,8H2,1-2H3/q+1. The molecule has 88 valence electrons. The monoisotopic (exact) mass is 231 g/mol. The van der Waals surface area contributed by atoms with E-state index in [4.69, 9.17) is 4.74 Å². The number of aryl methyl sites for hydroxylation is 1. The molecule has 0 aliphatic heterocycles. The topological polar surface area (TPSA) is 43.1 Å². The first-order chi connectivity index (χ1) is 8.20. The van der Waals surface area contributed by atoms with Gasteiger partial charge in [0.05, 0.1) is 13.0 Å². The summed E-state index contributed by atoms with van der Waals surface area (Å²) in [7, 11) is 1.85. The van der Waals surface area contributed by atoms with Crippen molar-refractivity contribution in [3.63, 3.8) is 0 Å². The molecule has 0 radical (unpaired) electrons. The largest absolute Gasteiger partial charge is 0.466 e. The maximum atomic E-state index is 11.5. The number of nitrogens with zero attached hydrogens (tertiary/aromatic N) is 2. The van der Waals surface area contributed by atoms with Crippen molar-refractivity contribution in [2.24, 2.45) is 7.05 Å². The first-order valence-electron chi connectivity index (χ1n) is 5.61. The van der Waals surface area contributed by atoms with Gasteiger partial charge in [-0.15, -0.1) is 0 Å². The Morgan fingerprint density at radius 1 is 1.41 bits per heavy atom. The molecule has 2 aromatic rings. The van der Waals surface area contributed by atoms with Gasteiger partial charge in [-0.3, -0.25) is 4.79 Å². The van der Waals surface area contributed by atoms with Gasteiger partial charge in [-0.05, 0) is 18.1 Å². The number of benzene rings is 1. The van der Waals surface area contributed by atoms with Gasteiger partial charge in [0.2, 0.25) is 0 Å². The van der Waals surface area contributed by atoms with Gasteiger partial charge in [0.15, 0.2) is 13.2 Å². The van der Waals surface area contributed by atoms with Crippen LogP contribution in [0.1, 0.15) is 12.5 Å². The fourth-order valence-corrected chi connectivity index (χ4v) is 1.83. The van der Waals surface area contributed by atoms with Gasteiger partial charge >= 0.3 is 5.97 Å². The molecule has 0 unspecified atom stereocenters. The maximum absolute atomic E-state index is 11.5. The van der Waals surface area contributed by atoms with Gasteiger partial charge < -0.3 is 4.74 Å². The molecule has 4 nitrogen and oxygen atoms in total. The third-order valence-corrected chi connectivity index (χ3v) is 2.50. The van der Waals surface area contributed by atoms with Crippen LogP contribution in [0.4, 0.5) is 0 Å². The summed E-state index contributed by atoms with van der Waals surface area (Å²) in [6.45, 7) is 2.22. The lowest BCUT2D eigenvalue weighted by molar-refractivity contribution is -0.728. The van der Waals surface area contributed by atoms with Crippen LogP contribution >= 0.6 is 0 Å². The van der Waals surface area contributed by atoms with Crippen LogP contribution in [0.3, 0.4) is 0 Å². The minimum Gasteiger partial charge on any atom is -0.466 e. The summed E-state index contributed by atoms with van der Waals surface area (Å²) in [5.41, 5.74) is 1.83. The number of rotatable bonds is 3. The molecule has 2 rings (SSSR count). The molecule has 0 amide bonds. The van der Waals surface area contributed by atoms with Crippen LogP contribution < -0.4 is 4.68 Å². The second kappa shape index (κ2) is 4.91. The van der Waals surface area contributed by atoms with Gasteiger partial charge in [0, 0.05) is 10.9 Å². The minimum absolute atomic E-state index is 0.205. The van der Waals surface area contributed by atoms with Crippen molar-refractivity contribution >= 4 is 16.9 Å². The number of aromatic nitrogens is 2. The highest BCUT2D eigenvalue weighted by molar-refractivity contribution is 5.85. The van der Waals surface area contributed by atoms with Crippen molar-refractivity contribution in [1.82, 2.24) is 5.10 Å². The van der Waals surface area contributed by atoms with Crippen LogP contribution in [0.25, 0.3) is 10.9 Å². The molecule has 4 heteroatoms. The molecule has 1 aromatic heterocycles. The van der Waals surface area contributed by atoms with Crippen LogP contribution in [0, 0.1) is 0 Å².